The fraction of sp³-hybridized carbons (Fsp3) is 0.0500. The van der Waals surface area contributed by atoms with Crippen molar-refractivity contribution >= 4 is 27.5 Å². The second kappa shape index (κ2) is 8.35. The molecule has 1 N–H and O–H groups in total. The van der Waals surface area contributed by atoms with Gasteiger partial charge in [0.2, 0.25) is 0 Å². The van der Waals surface area contributed by atoms with Crippen LogP contribution in [-0.4, -0.2) is 12.5 Å². The van der Waals surface area contributed by atoms with Gasteiger partial charge in [-0.1, -0.05) is 34.1 Å². The molecule has 0 atom stereocenters. The van der Waals surface area contributed by atoms with Crippen LogP contribution >= 0.6 is 15.9 Å². The Bertz CT molecular complexity index is 818. The molecule has 126 valence electrons. The van der Waals surface area contributed by atoms with Crippen LogP contribution in [0.15, 0.2) is 83.3 Å². The molecule has 0 spiro atoms. The van der Waals surface area contributed by atoms with E-state index in [-0.39, 0.29) is 12.5 Å². The maximum atomic E-state index is 11.9. The van der Waals surface area contributed by atoms with Crippen LogP contribution in [-0.2, 0) is 4.79 Å². The number of carbonyl (C=O) groups excluding carboxylic acids is 1. The fourth-order valence-electron chi connectivity index (χ4n) is 2.11. The van der Waals surface area contributed by atoms with Crippen LogP contribution in [0.1, 0.15) is 0 Å². The number of amides is 1. The zero-order valence-electron chi connectivity index (χ0n) is 13.3. The maximum absolute atomic E-state index is 11.9. The maximum Gasteiger partial charge on any atom is 0.262 e. The van der Waals surface area contributed by atoms with Crippen molar-refractivity contribution in [2.45, 2.75) is 0 Å². The first-order chi connectivity index (χ1) is 12.2. The van der Waals surface area contributed by atoms with E-state index in [4.69, 9.17) is 9.47 Å². The predicted molar refractivity (Wildman–Crippen MR) is 101 cm³/mol. The minimum Gasteiger partial charge on any atom is -0.484 e. The molecule has 0 radical (unpaired) electrons. The Kier molecular flexibility index (Phi) is 5.69. The number of para-hydroxylation sites is 1. The minimum absolute atomic E-state index is 0.0405. The van der Waals surface area contributed by atoms with Crippen molar-refractivity contribution in [3.63, 3.8) is 0 Å². The third-order valence-corrected chi connectivity index (χ3v) is 3.83. The zero-order valence-corrected chi connectivity index (χ0v) is 14.9. The van der Waals surface area contributed by atoms with Gasteiger partial charge in [-0.15, -0.1) is 0 Å². The number of hydrogen-bond acceptors (Lipinski definition) is 3. The summed E-state index contributed by atoms with van der Waals surface area (Å²) in [5.74, 6) is 1.89. The molecule has 0 aliphatic carbocycles. The van der Waals surface area contributed by atoms with Gasteiger partial charge >= 0.3 is 0 Å². The number of hydrogen-bond donors (Lipinski definition) is 1. The molecule has 25 heavy (non-hydrogen) atoms. The summed E-state index contributed by atoms with van der Waals surface area (Å²) in [5.41, 5.74) is 0.685. The molecule has 1 amide bonds. The number of ether oxygens (including phenoxy) is 2. The number of halogens is 1. The Labute approximate surface area is 154 Å². The van der Waals surface area contributed by atoms with Gasteiger partial charge in [-0.2, -0.15) is 0 Å². The third-order valence-electron chi connectivity index (χ3n) is 3.30. The Balaban J connectivity index is 1.51. The molecule has 0 saturated carbocycles. The molecule has 5 heteroatoms. The van der Waals surface area contributed by atoms with E-state index in [9.17, 15) is 4.79 Å². The molecule has 3 rings (SSSR count). The predicted octanol–water partition coefficient (Wildman–Crippen LogP) is 5.26. The zero-order chi connectivity index (χ0) is 17.5. The highest BCUT2D eigenvalue weighted by Gasteiger charge is 2.04. The van der Waals surface area contributed by atoms with Crippen molar-refractivity contribution in [3.05, 3.63) is 83.3 Å². The van der Waals surface area contributed by atoms with E-state index in [0.717, 1.165) is 10.2 Å². The Morgan fingerprint density at radius 3 is 2.04 bits per heavy atom. The SMILES string of the molecule is O=C(COc1ccccc1)Nc1ccc(Oc2ccc(Br)cc2)cc1. The van der Waals surface area contributed by atoms with Crippen LogP contribution in [0.4, 0.5) is 5.69 Å². The molecular weight excluding hydrogens is 382 g/mol. The van der Waals surface area contributed by atoms with Crippen molar-refractivity contribution in [1.29, 1.82) is 0 Å². The molecule has 0 bridgehead atoms. The van der Waals surface area contributed by atoms with Gasteiger partial charge in [0, 0.05) is 10.2 Å². The van der Waals surface area contributed by atoms with E-state index in [1.54, 1.807) is 24.3 Å². The molecular formula is C20H16BrNO3. The largest absolute Gasteiger partial charge is 0.484 e. The van der Waals surface area contributed by atoms with Crippen molar-refractivity contribution in [3.8, 4) is 17.2 Å². The van der Waals surface area contributed by atoms with Gasteiger partial charge in [0.1, 0.15) is 17.2 Å². The average molecular weight is 398 g/mol. The summed E-state index contributed by atoms with van der Waals surface area (Å²) >= 11 is 3.38. The summed E-state index contributed by atoms with van der Waals surface area (Å²) in [6, 6.07) is 24.0. The van der Waals surface area contributed by atoms with E-state index in [1.165, 1.54) is 0 Å². The number of nitrogens with one attached hydrogen (secondary N) is 1. The molecule has 0 aromatic heterocycles. The molecule has 0 saturated heterocycles. The lowest BCUT2D eigenvalue weighted by Gasteiger charge is -2.09. The second-order valence-corrected chi connectivity index (χ2v) is 6.15. The topological polar surface area (TPSA) is 47.6 Å². The van der Waals surface area contributed by atoms with E-state index < -0.39 is 0 Å². The number of rotatable bonds is 6. The molecule has 0 unspecified atom stereocenters. The molecule has 4 nitrogen and oxygen atoms in total. The highest BCUT2D eigenvalue weighted by Crippen LogP contribution is 2.24. The van der Waals surface area contributed by atoms with Gasteiger partial charge in [-0.25, -0.2) is 0 Å². The van der Waals surface area contributed by atoms with E-state index in [1.807, 2.05) is 54.6 Å². The van der Waals surface area contributed by atoms with E-state index in [0.29, 0.717) is 17.2 Å². The smallest absolute Gasteiger partial charge is 0.262 e. The summed E-state index contributed by atoms with van der Waals surface area (Å²) in [7, 11) is 0. The number of anilines is 1. The van der Waals surface area contributed by atoms with Crippen molar-refractivity contribution in [1.82, 2.24) is 0 Å². The molecule has 0 fully saturated rings. The third kappa shape index (κ3) is 5.36. The van der Waals surface area contributed by atoms with Gasteiger partial charge < -0.3 is 14.8 Å². The van der Waals surface area contributed by atoms with Crippen molar-refractivity contribution in [2.24, 2.45) is 0 Å². The molecule has 0 heterocycles. The van der Waals surface area contributed by atoms with Crippen LogP contribution in [0.3, 0.4) is 0 Å². The first kappa shape index (κ1) is 17.0. The highest BCUT2D eigenvalue weighted by atomic mass is 79.9. The Morgan fingerprint density at radius 2 is 1.40 bits per heavy atom. The van der Waals surface area contributed by atoms with Crippen LogP contribution < -0.4 is 14.8 Å². The Morgan fingerprint density at radius 1 is 0.800 bits per heavy atom. The minimum atomic E-state index is -0.217. The average Bonchev–Trinajstić information content (AvgIpc) is 2.64. The second-order valence-electron chi connectivity index (χ2n) is 5.23. The first-order valence-corrected chi connectivity index (χ1v) is 8.49. The van der Waals surface area contributed by atoms with Gasteiger partial charge in [-0.3, -0.25) is 4.79 Å². The number of benzene rings is 3. The van der Waals surface area contributed by atoms with Crippen LogP contribution in [0.25, 0.3) is 0 Å². The van der Waals surface area contributed by atoms with E-state index >= 15 is 0 Å². The van der Waals surface area contributed by atoms with Crippen LogP contribution in [0.5, 0.6) is 17.2 Å². The van der Waals surface area contributed by atoms with E-state index in [2.05, 4.69) is 21.2 Å². The van der Waals surface area contributed by atoms with Crippen LogP contribution in [0.2, 0.25) is 0 Å². The summed E-state index contributed by atoms with van der Waals surface area (Å²) in [6.45, 7) is -0.0405. The van der Waals surface area contributed by atoms with Crippen molar-refractivity contribution in [2.75, 3.05) is 11.9 Å². The summed E-state index contributed by atoms with van der Waals surface area (Å²) in [4.78, 5) is 11.9. The molecule has 0 aliphatic rings. The van der Waals surface area contributed by atoms with Crippen LogP contribution in [0, 0.1) is 0 Å². The van der Waals surface area contributed by atoms with Gasteiger partial charge in [0.25, 0.3) is 5.91 Å². The lowest BCUT2D eigenvalue weighted by Crippen LogP contribution is -2.20. The lowest BCUT2D eigenvalue weighted by molar-refractivity contribution is -0.118. The number of carbonyl (C=O) groups is 1. The quantitative estimate of drug-likeness (QED) is 0.616. The summed E-state index contributed by atoms with van der Waals surface area (Å²) in [5, 5.41) is 2.79. The fourth-order valence-corrected chi connectivity index (χ4v) is 2.37. The monoisotopic (exact) mass is 397 g/mol. The molecule has 3 aromatic rings. The normalized spacial score (nSPS) is 10.1. The van der Waals surface area contributed by atoms with Gasteiger partial charge in [0.15, 0.2) is 6.61 Å². The van der Waals surface area contributed by atoms with Crippen molar-refractivity contribution < 1.29 is 14.3 Å². The Hall–Kier alpha value is -2.79. The highest BCUT2D eigenvalue weighted by molar-refractivity contribution is 9.10. The van der Waals surface area contributed by atoms with Gasteiger partial charge in [-0.05, 0) is 60.7 Å². The molecule has 3 aromatic carbocycles. The lowest BCUT2D eigenvalue weighted by atomic mass is 10.3. The molecule has 0 aliphatic heterocycles. The standard InChI is InChI=1S/C20H16BrNO3/c21-15-6-10-18(11-7-15)25-19-12-8-16(9-13-19)22-20(23)14-24-17-4-2-1-3-5-17/h1-13H,14H2,(H,22,23). The summed E-state index contributed by atoms with van der Waals surface area (Å²) in [6.07, 6.45) is 0. The summed E-state index contributed by atoms with van der Waals surface area (Å²) < 4.78 is 12.1. The van der Waals surface area contributed by atoms with Gasteiger partial charge in [0.05, 0.1) is 0 Å². The first-order valence-electron chi connectivity index (χ1n) is 7.70.